The van der Waals surface area contributed by atoms with Crippen molar-refractivity contribution >= 4 is 30.7 Å². The molecule has 1 amide bonds. The number of nitrogens with one attached hydrogen (secondary N) is 1. The lowest BCUT2D eigenvalue weighted by molar-refractivity contribution is -0.123. The second kappa shape index (κ2) is 7.86. The van der Waals surface area contributed by atoms with Crippen molar-refractivity contribution in [1.82, 2.24) is 15.1 Å². The highest BCUT2D eigenvalue weighted by Gasteiger charge is 2.41. The van der Waals surface area contributed by atoms with Crippen molar-refractivity contribution in [1.29, 1.82) is 0 Å². The van der Waals surface area contributed by atoms with Crippen molar-refractivity contribution in [2.75, 3.05) is 6.54 Å². The van der Waals surface area contributed by atoms with E-state index in [1.165, 1.54) is 12.8 Å². The first-order valence-electron chi connectivity index (χ1n) is 6.52. The van der Waals surface area contributed by atoms with Gasteiger partial charge < -0.3 is 11.1 Å². The predicted octanol–water partition coefficient (Wildman–Crippen LogP) is 1.44. The number of nitrogens with zero attached hydrogens (tertiary/aromatic N) is 2. The van der Waals surface area contributed by atoms with Gasteiger partial charge in [0.15, 0.2) is 0 Å². The van der Waals surface area contributed by atoms with Crippen LogP contribution in [0.1, 0.15) is 31.7 Å². The molecule has 1 atom stereocenters. The summed E-state index contributed by atoms with van der Waals surface area (Å²) in [6.07, 6.45) is 7.32. The smallest absolute Gasteiger partial charge is 0.220 e. The van der Waals surface area contributed by atoms with Crippen molar-refractivity contribution < 1.29 is 4.79 Å². The summed E-state index contributed by atoms with van der Waals surface area (Å²) in [6.45, 7) is 2.56. The molecule has 7 heteroatoms. The maximum atomic E-state index is 11.9. The fraction of sp³-hybridized carbons (Fsp3) is 0.692. The molecule has 0 aliphatic heterocycles. The number of carbonyl (C=O) groups is 1. The van der Waals surface area contributed by atoms with Crippen molar-refractivity contribution in [2.24, 2.45) is 18.7 Å². The summed E-state index contributed by atoms with van der Waals surface area (Å²) in [4.78, 5) is 11.9. The standard InChI is InChI=1S/C13H22N4O.2ClH/c1-13(9-14,11-4-5-11)16-12(18)6-3-10-7-15-17(2)8-10;;/h7-8,11H,3-6,9,14H2,1-2H3,(H,16,18);2*1H. The molecule has 0 bridgehead atoms. The summed E-state index contributed by atoms with van der Waals surface area (Å²) in [6, 6.07) is 0. The van der Waals surface area contributed by atoms with Gasteiger partial charge in [-0.15, -0.1) is 24.8 Å². The zero-order valence-corrected chi connectivity index (χ0v) is 13.6. The van der Waals surface area contributed by atoms with E-state index in [0.717, 1.165) is 12.0 Å². The summed E-state index contributed by atoms with van der Waals surface area (Å²) in [5, 5.41) is 7.18. The van der Waals surface area contributed by atoms with Gasteiger partial charge in [-0.05, 0) is 37.7 Å². The van der Waals surface area contributed by atoms with Gasteiger partial charge in [-0.3, -0.25) is 9.48 Å². The minimum Gasteiger partial charge on any atom is -0.349 e. The Balaban J connectivity index is 0.00000180. The maximum absolute atomic E-state index is 11.9. The fourth-order valence-electron chi connectivity index (χ4n) is 2.28. The average Bonchev–Trinajstić information content (AvgIpc) is 3.11. The highest BCUT2D eigenvalue weighted by Crippen LogP contribution is 2.38. The van der Waals surface area contributed by atoms with Crippen LogP contribution in [0.4, 0.5) is 0 Å². The lowest BCUT2D eigenvalue weighted by Crippen LogP contribution is -2.53. The second-order valence-corrected chi connectivity index (χ2v) is 5.47. The molecule has 5 nitrogen and oxygen atoms in total. The van der Waals surface area contributed by atoms with Crippen LogP contribution in [0, 0.1) is 5.92 Å². The van der Waals surface area contributed by atoms with Crippen molar-refractivity contribution in [3.05, 3.63) is 18.0 Å². The Bertz CT molecular complexity index is 434. The van der Waals surface area contributed by atoms with Gasteiger partial charge in [0.05, 0.1) is 11.7 Å². The fourth-order valence-corrected chi connectivity index (χ4v) is 2.28. The molecule has 1 aliphatic rings. The molecular weight excluding hydrogens is 299 g/mol. The molecule has 1 unspecified atom stereocenters. The van der Waals surface area contributed by atoms with Crippen LogP contribution in [-0.4, -0.2) is 27.8 Å². The first-order chi connectivity index (χ1) is 8.53. The SMILES string of the molecule is Cl.Cl.Cn1cc(CCC(=O)NC(C)(CN)C2CC2)cn1. The summed E-state index contributed by atoms with van der Waals surface area (Å²) >= 11 is 0. The Morgan fingerprint density at radius 2 is 2.20 bits per heavy atom. The zero-order chi connectivity index (χ0) is 13.2. The molecule has 1 aromatic heterocycles. The monoisotopic (exact) mass is 322 g/mol. The number of hydrogen-bond donors (Lipinski definition) is 2. The molecule has 1 fully saturated rings. The zero-order valence-electron chi connectivity index (χ0n) is 12.0. The topological polar surface area (TPSA) is 72.9 Å². The van der Waals surface area contributed by atoms with Crippen LogP contribution < -0.4 is 11.1 Å². The summed E-state index contributed by atoms with van der Waals surface area (Å²) in [5.41, 5.74) is 6.65. The third-order valence-corrected chi connectivity index (χ3v) is 3.73. The first kappa shape index (κ1) is 19.2. The summed E-state index contributed by atoms with van der Waals surface area (Å²) < 4.78 is 1.75. The quantitative estimate of drug-likeness (QED) is 0.832. The molecule has 3 N–H and O–H groups in total. The minimum absolute atomic E-state index is 0. The molecule has 116 valence electrons. The van der Waals surface area contributed by atoms with Crippen LogP contribution >= 0.6 is 24.8 Å². The van der Waals surface area contributed by atoms with Gasteiger partial charge in [0.1, 0.15) is 0 Å². The Hall–Kier alpha value is -0.780. The predicted molar refractivity (Wildman–Crippen MR) is 84.4 cm³/mol. The molecule has 20 heavy (non-hydrogen) atoms. The lowest BCUT2D eigenvalue weighted by Gasteiger charge is -2.29. The van der Waals surface area contributed by atoms with Gasteiger partial charge in [0, 0.05) is 26.2 Å². The Morgan fingerprint density at radius 1 is 1.55 bits per heavy atom. The molecule has 1 aliphatic carbocycles. The highest BCUT2D eigenvalue weighted by atomic mass is 35.5. The molecule has 1 heterocycles. The Kier molecular flexibility index (Phi) is 7.55. The van der Waals surface area contributed by atoms with E-state index in [-0.39, 0.29) is 36.3 Å². The van der Waals surface area contributed by atoms with Crippen molar-refractivity contribution in [3.8, 4) is 0 Å². The van der Waals surface area contributed by atoms with Gasteiger partial charge in [-0.25, -0.2) is 0 Å². The normalized spacial score (nSPS) is 16.6. The van der Waals surface area contributed by atoms with E-state index in [1.54, 1.807) is 10.9 Å². The number of aromatic nitrogens is 2. The molecule has 0 spiro atoms. The highest BCUT2D eigenvalue weighted by molar-refractivity contribution is 5.85. The van der Waals surface area contributed by atoms with E-state index in [4.69, 9.17) is 5.73 Å². The number of carbonyl (C=O) groups excluding carboxylic acids is 1. The van der Waals surface area contributed by atoms with E-state index in [0.29, 0.717) is 18.9 Å². The summed E-state index contributed by atoms with van der Waals surface area (Å²) in [7, 11) is 1.88. The molecule has 1 aromatic rings. The van der Waals surface area contributed by atoms with Gasteiger partial charge in [0.25, 0.3) is 0 Å². The Labute approximate surface area is 132 Å². The van der Waals surface area contributed by atoms with Crippen LogP contribution in [0.15, 0.2) is 12.4 Å². The van der Waals surface area contributed by atoms with Gasteiger partial charge >= 0.3 is 0 Å². The van der Waals surface area contributed by atoms with Crippen LogP contribution in [0.5, 0.6) is 0 Å². The number of amides is 1. The maximum Gasteiger partial charge on any atom is 0.220 e. The average molecular weight is 323 g/mol. The molecule has 1 saturated carbocycles. The van der Waals surface area contributed by atoms with E-state index < -0.39 is 0 Å². The first-order valence-corrected chi connectivity index (χ1v) is 6.52. The molecule has 0 aromatic carbocycles. The third-order valence-electron chi connectivity index (χ3n) is 3.73. The van der Waals surface area contributed by atoms with Crippen molar-refractivity contribution in [3.63, 3.8) is 0 Å². The van der Waals surface area contributed by atoms with Crippen LogP contribution in [-0.2, 0) is 18.3 Å². The van der Waals surface area contributed by atoms with E-state index >= 15 is 0 Å². The van der Waals surface area contributed by atoms with Crippen LogP contribution in [0.2, 0.25) is 0 Å². The lowest BCUT2D eigenvalue weighted by atomic mass is 9.95. The van der Waals surface area contributed by atoms with Gasteiger partial charge in [-0.1, -0.05) is 0 Å². The van der Waals surface area contributed by atoms with E-state index in [2.05, 4.69) is 10.4 Å². The van der Waals surface area contributed by atoms with Crippen molar-refractivity contribution in [2.45, 2.75) is 38.1 Å². The molecule has 0 saturated heterocycles. The largest absolute Gasteiger partial charge is 0.349 e. The van der Waals surface area contributed by atoms with Gasteiger partial charge in [0.2, 0.25) is 5.91 Å². The van der Waals surface area contributed by atoms with E-state index in [1.807, 2.05) is 20.2 Å². The number of aryl methyl sites for hydroxylation is 2. The van der Waals surface area contributed by atoms with Crippen LogP contribution in [0.25, 0.3) is 0 Å². The molecular formula is C13H24Cl2N4O. The number of rotatable bonds is 6. The second-order valence-electron chi connectivity index (χ2n) is 5.47. The third kappa shape index (κ3) is 4.96. The van der Waals surface area contributed by atoms with Gasteiger partial charge in [-0.2, -0.15) is 5.10 Å². The number of hydrogen-bond acceptors (Lipinski definition) is 3. The molecule has 0 radical (unpaired) electrons. The Morgan fingerprint density at radius 3 is 2.65 bits per heavy atom. The number of halogens is 2. The number of nitrogens with two attached hydrogens (primary N) is 1. The summed E-state index contributed by atoms with van der Waals surface area (Å²) in [5.74, 6) is 0.642. The minimum atomic E-state index is -0.216. The van der Waals surface area contributed by atoms with Crippen LogP contribution in [0.3, 0.4) is 0 Å². The molecule has 2 rings (SSSR count). The van der Waals surface area contributed by atoms with E-state index in [9.17, 15) is 4.79 Å².